The molecule has 1 spiro atoms. The van der Waals surface area contributed by atoms with Crippen LogP contribution in [-0.4, -0.2) is 35.4 Å². The summed E-state index contributed by atoms with van der Waals surface area (Å²) in [6.45, 7) is 0. The summed E-state index contributed by atoms with van der Waals surface area (Å²) >= 11 is 1.60. The normalized spacial score (nSPS) is 20.4. The van der Waals surface area contributed by atoms with Gasteiger partial charge in [0, 0.05) is 28.4 Å². The Morgan fingerprint density at radius 3 is 2.61 bits per heavy atom. The molecule has 0 unspecified atom stereocenters. The summed E-state index contributed by atoms with van der Waals surface area (Å²) in [5, 5.41) is 3.29. The highest BCUT2D eigenvalue weighted by Crippen LogP contribution is 2.57. The summed E-state index contributed by atoms with van der Waals surface area (Å²) in [7, 11) is 5.58. The minimum Gasteiger partial charge on any atom is -0.324 e. The summed E-state index contributed by atoms with van der Waals surface area (Å²) < 4.78 is 0. The van der Waals surface area contributed by atoms with Crippen molar-refractivity contribution in [2.75, 3.05) is 15.9 Å². The fourth-order valence-corrected chi connectivity index (χ4v) is 5.06. The van der Waals surface area contributed by atoms with Crippen molar-refractivity contribution >= 4 is 43.0 Å². The topological polar surface area (TPSA) is 58.1 Å². The first-order valence-electron chi connectivity index (χ1n) is 10.1. The average Bonchev–Trinajstić information content (AvgIpc) is 3.48. The lowest BCUT2D eigenvalue weighted by Crippen LogP contribution is -2.42. The number of carbonyl (C=O) groups excluding carboxylic acids is 1. The lowest BCUT2D eigenvalue weighted by atomic mass is 9.94. The number of fused-ring (bicyclic) bond motifs is 2. The SMILES string of the molecule is [B]CSc1ccc(Nc2ncc3c(n2)N(C2CCCCC2)C(=O)C32CC2)cc1. The summed E-state index contributed by atoms with van der Waals surface area (Å²) in [4.78, 5) is 25.7. The van der Waals surface area contributed by atoms with Crippen molar-refractivity contribution in [3.63, 3.8) is 0 Å². The molecule has 28 heavy (non-hydrogen) atoms. The summed E-state index contributed by atoms with van der Waals surface area (Å²) in [6, 6.07) is 8.35. The Balaban J connectivity index is 1.43. The number of amides is 1. The van der Waals surface area contributed by atoms with Crippen LogP contribution in [0.4, 0.5) is 17.5 Å². The number of nitrogens with zero attached hydrogens (tertiary/aromatic N) is 3. The molecule has 7 heteroatoms. The molecule has 2 aromatic rings. The van der Waals surface area contributed by atoms with Crippen molar-refractivity contribution < 1.29 is 4.79 Å². The summed E-state index contributed by atoms with van der Waals surface area (Å²) in [5.74, 6) is 1.63. The van der Waals surface area contributed by atoms with Gasteiger partial charge in [0.05, 0.1) is 13.3 Å². The zero-order valence-corrected chi connectivity index (χ0v) is 16.7. The maximum atomic E-state index is 13.2. The summed E-state index contributed by atoms with van der Waals surface area (Å²) in [5.41, 5.74) is 2.19. The van der Waals surface area contributed by atoms with Crippen LogP contribution in [0.25, 0.3) is 0 Å². The molecule has 2 aliphatic carbocycles. The van der Waals surface area contributed by atoms with Crippen molar-refractivity contribution in [2.24, 2.45) is 0 Å². The van der Waals surface area contributed by atoms with Crippen LogP contribution in [0.15, 0.2) is 35.4 Å². The molecule has 1 aromatic heterocycles. The maximum absolute atomic E-state index is 13.2. The second kappa shape index (κ2) is 7.10. The zero-order valence-electron chi connectivity index (χ0n) is 15.9. The van der Waals surface area contributed by atoms with Crippen molar-refractivity contribution in [2.45, 2.75) is 61.3 Å². The van der Waals surface area contributed by atoms with Gasteiger partial charge in [-0.25, -0.2) is 4.98 Å². The molecule has 1 aliphatic heterocycles. The monoisotopic (exact) mass is 390 g/mol. The Morgan fingerprint density at radius 1 is 1.18 bits per heavy atom. The third-order valence-corrected chi connectivity index (χ3v) is 6.96. The fraction of sp³-hybridized carbons (Fsp3) is 0.476. The molecule has 2 saturated carbocycles. The minimum absolute atomic E-state index is 0.254. The van der Waals surface area contributed by atoms with E-state index >= 15 is 0 Å². The minimum atomic E-state index is -0.327. The van der Waals surface area contributed by atoms with Gasteiger partial charge in [0.15, 0.2) is 0 Å². The van der Waals surface area contributed by atoms with Crippen molar-refractivity contribution in [3.05, 3.63) is 36.0 Å². The van der Waals surface area contributed by atoms with E-state index < -0.39 is 0 Å². The second-order valence-electron chi connectivity index (χ2n) is 7.94. The molecule has 0 atom stereocenters. The Labute approximate surface area is 171 Å². The van der Waals surface area contributed by atoms with Crippen LogP contribution in [0.1, 0.15) is 50.5 Å². The number of thioether (sulfide) groups is 1. The van der Waals surface area contributed by atoms with Gasteiger partial charge in [-0.2, -0.15) is 4.98 Å². The number of anilines is 3. The molecule has 5 nitrogen and oxygen atoms in total. The highest BCUT2D eigenvalue weighted by atomic mass is 32.2. The third kappa shape index (κ3) is 3.00. The van der Waals surface area contributed by atoms with Gasteiger partial charge in [0.25, 0.3) is 0 Å². The highest BCUT2D eigenvalue weighted by Gasteiger charge is 2.61. The second-order valence-corrected chi connectivity index (χ2v) is 9.03. The Morgan fingerprint density at radius 2 is 1.93 bits per heavy atom. The number of hydrogen-bond acceptors (Lipinski definition) is 5. The quantitative estimate of drug-likeness (QED) is 0.614. The van der Waals surface area contributed by atoms with Gasteiger partial charge >= 0.3 is 0 Å². The van der Waals surface area contributed by atoms with E-state index in [4.69, 9.17) is 12.8 Å². The standard InChI is InChI=1S/C21H23BN4OS/c22-13-28-16-8-6-14(7-9-16)24-20-23-12-17-18(25-20)26(15-4-2-1-3-5-15)19(27)21(17)10-11-21/h6-9,12,15H,1-5,10-11,13H2,(H,23,24,25). The predicted molar refractivity (Wildman–Crippen MR) is 114 cm³/mol. The van der Waals surface area contributed by atoms with Gasteiger partial charge in [-0.05, 0) is 55.6 Å². The zero-order chi connectivity index (χ0) is 19.1. The fourth-order valence-electron chi connectivity index (χ4n) is 4.54. The number of carbonyl (C=O) groups is 1. The van der Waals surface area contributed by atoms with Gasteiger partial charge < -0.3 is 5.32 Å². The molecule has 5 rings (SSSR count). The molecule has 1 N–H and O–H groups in total. The van der Waals surface area contributed by atoms with E-state index in [0.717, 1.165) is 47.6 Å². The Bertz CT molecular complexity index is 894. The van der Waals surface area contributed by atoms with E-state index in [9.17, 15) is 4.79 Å². The van der Waals surface area contributed by atoms with Crippen LogP contribution in [-0.2, 0) is 10.2 Å². The van der Waals surface area contributed by atoms with E-state index in [-0.39, 0.29) is 17.4 Å². The Hall–Kier alpha value is -2.02. The molecule has 0 saturated heterocycles. The van der Waals surface area contributed by atoms with Gasteiger partial charge in [-0.15, -0.1) is 11.8 Å². The molecule has 1 amide bonds. The smallest absolute Gasteiger partial charge is 0.239 e. The predicted octanol–water partition coefficient (Wildman–Crippen LogP) is 4.15. The van der Waals surface area contributed by atoms with Gasteiger partial charge in [0.1, 0.15) is 5.82 Å². The molecule has 0 bridgehead atoms. The summed E-state index contributed by atoms with van der Waals surface area (Å²) in [6.07, 6.45) is 9.54. The molecule has 2 heterocycles. The van der Waals surface area contributed by atoms with Crippen LogP contribution in [0, 0.1) is 0 Å². The average molecular weight is 390 g/mol. The molecule has 2 fully saturated rings. The van der Waals surface area contributed by atoms with Crippen LogP contribution in [0.2, 0.25) is 0 Å². The van der Waals surface area contributed by atoms with E-state index in [1.54, 1.807) is 11.8 Å². The van der Waals surface area contributed by atoms with Gasteiger partial charge in [-0.3, -0.25) is 9.69 Å². The van der Waals surface area contributed by atoms with Crippen molar-refractivity contribution in [3.8, 4) is 0 Å². The lowest BCUT2D eigenvalue weighted by molar-refractivity contribution is -0.120. The molecule has 1 aromatic carbocycles. The van der Waals surface area contributed by atoms with Crippen LogP contribution < -0.4 is 10.2 Å². The maximum Gasteiger partial charge on any atom is 0.239 e. The van der Waals surface area contributed by atoms with Crippen LogP contribution in [0.3, 0.4) is 0 Å². The molecular formula is C21H23BN4OS. The van der Waals surface area contributed by atoms with E-state index in [1.807, 2.05) is 35.4 Å². The van der Waals surface area contributed by atoms with Crippen LogP contribution >= 0.6 is 11.8 Å². The molecular weight excluding hydrogens is 367 g/mol. The van der Waals surface area contributed by atoms with Gasteiger partial charge in [-0.1, -0.05) is 19.3 Å². The lowest BCUT2D eigenvalue weighted by Gasteiger charge is -2.31. The van der Waals surface area contributed by atoms with E-state index in [1.165, 1.54) is 19.3 Å². The largest absolute Gasteiger partial charge is 0.324 e. The number of benzene rings is 1. The molecule has 2 radical (unpaired) electrons. The number of aromatic nitrogens is 2. The Kier molecular flexibility index (Phi) is 4.58. The van der Waals surface area contributed by atoms with Crippen LogP contribution in [0.5, 0.6) is 0 Å². The first kappa shape index (κ1) is 18.0. The number of nitrogens with one attached hydrogen (secondary N) is 1. The van der Waals surface area contributed by atoms with E-state index in [2.05, 4.69) is 10.3 Å². The number of rotatable bonds is 5. The van der Waals surface area contributed by atoms with Crippen molar-refractivity contribution in [1.29, 1.82) is 0 Å². The molecule has 3 aliphatic rings. The van der Waals surface area contributed by atoms with Gasteiger partial charge in [0.2, 0.25) is 11.9 Å². The highest BCUT2D eigenvalue weighted by molar-refractivity contribution is 8.00. The third-order valence-electron chi connectivity index (χ3n) is 6.19. The first-order chi connectivity index (χ1) is 13.7. The van der Waals surface area contributed by atoms with Crippen molar-refractivity contribution in [1.82, 2.24) is 9.97 Å². The first-order valence-corrected chi connectivity index (χ1v) is 11.1. The van der Waals surface area contributed by atoms with E-state index in [0.29, 0.717) is 11.6 Å². The molecule has 142 valence electrons. The number of hydrogen-bond donors (Lipinski definition) is 1.